The first kappa shape index (κ1) is 35.8. The Morgan fingerprint density at radius 2 is 1.50 bits per heavy atom. The third-order valence-corrected chi connectivity index (χ3v) is 8.17. The van der Waals surface area contributed by atoms with Crippen molar-refractivity contribution in [2.75, 3.05) is 47.8 Å². The highest BCUT2D eigenvalue weighted by atomic mass is 35.5. The molecule has 46 heavy (non-hydrogen) atoms. The maximum absolute atomic E-state index is 13.2. The summed E-state index contributed by atoms with van der Waals surface area (Å²) in [7, 11) is 4.86. The van der Waals surface area contributed by atoms with Gasteiger partial charge in [-0.05, 0) is 42.5 Å². The molecule has 0 unspecified atom stereocenters. The third-order valence-electron chi connectivity index (χ3n) is 6.75. The Bertz CT molecular complexity index is 1710. The number of benzene rings is 1. The number of anilines is 3. The molecule has 1 aromatic carbocycles. The molecule has 0 fully saturated rings. The van der Waals surface area contributed by atoms with Gasteiger partial charge in [0.1, 0.15) is 5.69 Å². The van der Waals surface area contributed by atoms with Gasteiger partial charge in [-0.3, -0.25) is 29.0 Å². The van der Waals surface area contributed by atoms with Crippen molar-refractivity contribution < 1.29 is 19.2 Å². The van der Waals surface area contributed by atoms with Gasteiger partial charge >= 0.3 is 12.1 Å². The molecule has 4 amide bonds. The van der Waals surface area contributed by atoms with Crippen LogP contribution in [0.4, 0.5) is 26.7 Å². The highest BCUT2D eigenvalue weighted by molar-refractivity contribution is 7.99. The van der Waals surface area contributed by atoms with Crippen LogP contribution in [-0.4, -0.2) is 80.6 Å². The van der Waals surface area contributed by atoms with Crippen LogP contribution in [-0.2, 0) is 7.05 Å². The molecular formula is C30H35Cl2N9O4S. The quantitative estimate of drug-likeness (QED) is 0.0731. The Balaban J connectivity index is 0.00000576. The predicted molar refractivity (Wildman–Crippen MR) is 184 cm³/mol. The predicted octanol–water partition coefficient (Wildman–Crippen LogP) is 5.22. The van der Waals surface area contributed by atoms with E-state index in [9.17, 15) is 19.2 Å². The van der Waals surface area contributed by atoms with E-state index in [1.54, 1.807) is 80.2 Å². The number of halogens is 2. The first-order valence-electron chi connectivity index (χ1n) is 13.8. The number of thioether (sulfide) groups is 1. The Hall–Kier alpha value is -4.66. The van der Waals surface area contributed by atoms with Crippen LogP contribution in [0.3, 0.4) is 0 Å². The monoisotopic (exact) mass is 687 g/mol. The number of rotatable bonds is 11. The topological polar surface area (TPSA) is 163 Å². The number of nitrogens with zero attached hydrogens (tertiary/aromatic N) is 5. The van der Waals surface area contributed by atoms with Gasteiger partial charge in [-0.15, -0.1) is 35.8 Å². The van der Waals surface area contributed by atoms with Gasteiger partial charge in [0.15, 0.2) is 0 Å². The number of aromatic nitrogens is 3. The van der Waals surface area contributed by atoms with Crippen LogP contribution in [0.2, 0.25) is 0 Å². The minimum absolute atomic E-state index is 0. The van der Waals surface area contributed by atoms with E-state index in [0.717, 1.165) is 10.6 Å². The van der Waals surface area contributed by atoms with Crippen molar-refractivity contribution in [3.8, 4) is 0 Å². The second kappa shape index (κ2) is 16.1. The molecule has 0 bridgehead atoms. The molecule has 4 aromatic rings. The molecule has 0 saturated carbocycles. The molecule has 0 saturated heterocycles. The van der Waals surface area contributed by atoms with Gasteiger partial charge in [-0.2, -0.15) is 0 Å². The Morgan fingerprint density at radius 1 is 0.913 bits per heavy atom. The highest BCUT2D eigenvalue weighted by Gasteiger charge is 2.20. The van der Waals surface area contributed by atoms with Gasteiger partial charge < -0.3 is 25.8 Å². The number of amidine groups is 1. The average Bonchev–Trinajstić information content (AvgIpc) is 3.78. The van der Waals surface area contributed by atoms with Crippen LogP contribution in [0.15, 0.2) is 78.3 Å². The number of carbonyl (C=O) groups is 4. The summed E-state index contributed by atoms with van der Waals surface area (Å²) in [6.07, 6.45) is 7.98. The number of amides is 4. The molecule has 0 aliphatic rings. The van der Waals surface area contributed by atoms with Crippen molar-refractivity contribution in [2.45, 2.75) is 11.3 Å². The van der Waals surface area contributed by atoms with E-state index in [1.807, 2.05) is 12.1 Å². The van der Waals surface area contributed by atoms with E-state index in [0.29, 0.717) is 28.5 Å². The molecule has 244 valence electrons. The Labute approximate surface area is 281 Å². The first-order valence-corrected chi connectivity index (χ1v) is 15.3. The fourth-order valence-electron chi connectivity index (χ4n) is 4.26. The van der Waals surface area contributed by atoms with Gasteiger partial charge in [0.2, 0.25) is 0 Å². The molecule has 3 aromatic heterocycles. The molecule has 16 heteroatoms. The standard InChI is InChI=1S/C30H34ClN9O4S.ClH/c1-36(12-10-26(32)33)29(43)39-13-8-22(17-39)35-28(42)25-16-23(19-37(25)2)38(3)30(44)40-14-9-21(18-40)34-27(41)20-4-6-24(7-5-20)45-15-11-31;/h4-9,13-14,16-19H,10-12,15H2,1-3H3,(H3,32,33)(H,34,41)(H,35,42);1H. The summed E-state index contributed by atoms with van der Waals surface area (Å²) in [4.78, 5) is 55.4. The lowest BCUT2D eigenvalue weighted by atomic mass is 10.2. The van der Waals surface area contributed by atoms with Gasteiger partial charge in [0, 0.05) is 87.2 Å². The van der Waals surface area contributed by atoms with Gasteiger partial charge in [-0.1, -0.05) is 0 Å². The van der Waals surface area contributed by atoms with Crippen molar-refractivity contribution in [1.82, 2.24) is 18.6 Å². The van der Waals surface area contributed by atoms with E-state index < -0.39 is 11.9 Å². The molecular weight excluding hydrogens is 653 g/mol. The molecule has 5 N–H and O–H groups in total. The van der Waals surface area contributed by atoms with Crippen LogP contribution in [0.5, 0.6) is 0 Å². The van der Waals surface area contributed by atoms with Crippen LogP contribution >= 0.6 is 35.8 Å². The molecule has 4 rings (SSSR count). The van der Waals surface area contributed by atoms with Crippen molar-refractivity contribution >= 4 is 82.5 Å². The number of nitrogens with two attached hydrogens (primary N) is 1. The summed E-state index contributed by atoms with van der Waals surface area (Å²) in [6, 6.07) is 11.2. The van der Waals surface area contributed by atoms with Crippen LogP contribution < -0.4 is 21.3 Å². The number of hydrogen-bond donors (Lipinski definition) is 4. The fourth-order valence-corrected chi connectivity index (χ4v) is 5.13. The summed E-state index contributed by atoms with van der Waals surface area (Å²) >= 11 is 7.34. The molecule has 0 aliphatic heterocycles. The van der Waals surface area contributed by atoms with E-state index in [4.69, 9.17) is 22.7 Å². The van der Waals surface area contributed by atoms with Gasteiger partial charge in [-0.25, -0.2) is 9.59 Å². The normalized spacial score (nSPS) is 10.5. The minimum Gasteiger partial charge on any atom is -0.388 e. The molecule has 13 nitrogen and oxygen atoms in total. The summed E-state index contributed by atoms with van der Waals surface area (Å²) in [5.41, 5.74) is 7.47. The third kappa shape index (κ3) is 8.96. The number of hydrogen-bond acceptors (Lipinski definition) is 6. The summed E-state index contributed by atoms with van der Waals surface area (Å²) in [6.45, 7) is 0.287. The van der Waals surface area contributed by atoms with Crippen molar-refractivity contribution in [1.29, 1.82) is 5.41 Å². The lowest BCUT2D eigenvalue weighted by molar-refractivity contribution is 0.101. The Kier molecular flexibility index (Phi) is 12.5. The van der Waals surface area contributed by atoms with E-state index in [1.165, 1.54) is 37.5 Å². The lowest BCUT2D eigenvalue weighted by Gasteiger charge is -2.16. The molecule has 3 heterocycles. The average molecular weight is 689 g/mol. The van der Waals surface area contributed by atoms with E-state index in [2.05, 4.69) is 10.6 Å². The van der Waals surface area contributed by atoms with Crippen molar-refractivity contribution in [2.24, 2.45) is 12.8 Å². The molecule has 0 radical (unpaired) electrons. The zero-order chi connectivity index (χ0) is 32.7. The maximum atomic E-state index is 13.2. The largest absolute Gasteiger partial charge is 0.388 e. The summed E-state index contributed by atoms with van der Waals surface area (Å²) in [5, 5.41) is 12.9. The van der Waals surface area contributed by atoms with Crippen molar-refractivity contribution in [3.63, 3.8) is 0 Å². The minimum atomic E-state index is -0.434. The smallest absolute Gasteiger partial charge is 0.332 e. The SMILES string of the molecule is CN(CCC(=N)N)C(=O)n1ccc(NC(=O)c2cc(N(C)C(=O)n3ccc(NC(=O)c4ccc(SCCCl)cc4)c3)cn2C)c1.Cl. The first-order chi connectivity index (χ1) is 21.5. The molecule has 0 spiro atoms. The van der Waals surface area contributed by atoms with Gasteiger partial charge in [0.25, 0.3) is 11.8 Å². The number of nitrogens with one attached hydrogen (secondary N) is 3. The van der Waals surface area contributed by atoms with Crippen LogP contribution in [0, 0.1) is 5.41 Å². The lowest BCUT2D eigenvalue weighted by Crippen LogP contribution is -2.33. The zero-order valence-electron chi connectivity index (χ0n) is 25.4. The summed E-state index contributed by atoms with van der Waals surface area (Å²) in [5.74, 6) is 0.573. The summed E-state index contributed by atoms with van der Waals surface area (Å²) < 4.78 is 4.25. The zero-order valence-corrected chi connectivity index (χ0v) is 27.8. The molecule has 0 atom stereocenters. The highest BCUT2D eigenvalue weighted by Crippen LogP contribution is 2.22. The number of carbonyl (C=O) groups excluding carboxylic acids is 4. The molecule has 0 aliphatic carbocycles. The second-order valence-corrected chi connectivity index (χ2v) is 11.6. The van der Waals surface area contributed by atoms with Gasteiger partial charge in [0.05, 0.1) is 22.9 Å². The number of aryl methyl sites for hydroxylation is 1. The maximum Gasteiger partial charge on any atom is 0.332 e. The van der Waals surface area contributed by atoms with Crippen molar-refractivity contribution in [3.05, 3.63) is 84.7 Å². The van der Waals surface area contributed by atoms with Crippen LogP contribution in [0.25, 0.3) is 0 Å². The Morgan fingerprint density at radius 3 is 2.09 bits per heavy atom. The van der Waals surface area contributed by atoms with Crippen LogP contribution in [0.1, 0.15) is 27.3 Å². The number of alkyl halides is 1. The van der Waals surface area contributed by atoms with E-state index in [-0.39, 0.29) is 48.8 Å². The fraction of sp³-hybridized carbons (Fsp3) is 0.233. The van der Waals surface area contributed by atoms with E-state index >= 15 is 0 Å². The second-order valence-electron chi connectivity index (χ2n) is 10.1.